The number of aromatic nitrogens is 1. The summed E-state index contributed by atoms with van der Waals surface area (Å²) in [4.78, 5) is 18.3. The number of aryl methyl sites for hydroxylation is 2. The lowest BCUT2D eigenvalue weighted by Crippen LogP contribution is -2.45. The number of ether oxygens (including phenoxy) is 1. The minimum Gasteiger partial charge on any atom is -0.406 e. The van der Waals surface area contributed by atoms with Crippen LogP contribution in [0.4, 0.5) is 28.0 Å². The molecule has 1 atom stereocenters. The third-order valence-electron chi connectivity index (χ3n) is 5.74. The molecule has 0 spiro atoms. The van der Waals surface area contributed by atoms with Crippen LogP contribution in [0, 0.1) is 13.8 Å². The fraction of sp³-hybridized carbons (Fsp3) is 0.478. The molecular weight excluding hydrogens is 458 g/mol. The minimum absolute atomic E-state index is 0.0320. The van der Waals surface area contributed by atoms with E-state index in [9.17, 15) is 23.1 Å². The molecule has 0 saturated carbocycles. The monoisotopic (exact) mass is 485 g/mol. The molecule has 0 unspecified atom stereocenters. The molecule has 7 nitrogen and oxygen atoms in total. The molecule has 1 fully saturated rings. The van der Waals surface area contributed by atoms with Crippen molar-refractivity contribution >= 4 is 11.7 Å². The van der Waals surface area contributed by atoms with Crippen LogP contribution in [-0.2, 0) is 12.1 Å². The summed E-state index contributed by atoms with van der Waals surface area (Å²) in [6, 6.07) is 5.04. The number of pyridine rings is 1. The Labute approximate surface area is 194 Å². The molecule has 186 valence electrons. The van der Waals surface area contributed by atoms with Crippen LogP contribution in [0.5, 0.6) is 5.75 Å². The maximum absolute atomic E-state index is 15.7. The predicted molar refractivity (Wildman–Crippen MR) is 116 cm³/mol. The molecule has 0 radical (unpaired) electrons. The van der Waals surface area contributed by atoms with E-state index in [2.05, 4.69) is 15.0 Å². The molecule has 34 heavy (non-hydrogen) atoms. The van der Waals surface area contributed by atoms with Crippen LogP contribution in [0.1, 0.15) is 35.2 Å². The Balaban J connectivity index is 1.61. The molecule has 1 saturated heterocycles. The number of aliphatic hydroxyl groups is 2. The molecule has 11 heteroatoms. The average molecular weight is 485 g/mol. The van der Waals surface area contributed by atoms with Gasteiger partial charge >= 0.3 is 12.4 Å². The lowest BCUT2D eigenvalue weighted by Gasteiger charge is -2.36. The topological polar surface area (TPSA) is 94.9 Å². The van der Waals surface area contributed by atoms with Crippen LogP contribution in [0.15, 0.2) is 30.5 Å². The van der Waals surface area contributed by atoms with Crippen LogP contribution >= 0.6 is 0 Å². The minimum atomic E-state index is -4.81. The molecular formula is C23H27F4N3O4. The van der Waals surface area contributed by atoms with E-state index in [0.29, 0.717) is 16.8 Å². The fourth-order valence-electron chi connectivity index (χ4n) is 4.02. The normalized spacial score (nSPS) is 16.8. The number of piperidine rings is 1. The summed E-state index contributed by atoms with van der Waals surface area (Å²) in [6.07, 6.45) is -3.97. The van der Waals surface area contributed by atoms with Crippen molar-refractivity contribution in [3.05, 3.63) is 52.8 Å². The number of amides is 2. The first-order valence-electron chi connectivity index (χ1n) is 10.8. The van der Waals surface area contributed by atoms with Gasteiger partial charge in [-0.1, -0.05) is 6.07 Å². The second-order valence-corrected chi connectivity index (χ2v) is 8.46. The van der Waals surface area contributed by atoms with Gasteiger partial charge < -0.3 is 25.2 Å². The Bertz CT molecular complexity index is 1020. The van der Waals surface area contributed by atoms with E-state index < -0.39 is 24.2 Å². The highest BCUT2D eigenvalue weighted by atomic mass is 19.4. The number of aliphatic hydroxyl groups excluding tert-OH is 2. The van der Waals surface area contributed by atoms with Gasteiger partial charge in [0.05, 0.1) is 18.4 Å². The number of benzene rings is 1. The smallest absolute Gasteiger partial charge is 0.406 e. The van der Waals surface area contributed by atoms with Gasteiger partial charge in [-0.15, -0.1) is 13.2 Å². The molecule has 1 aliphatic heterocycles. The first-order valence-corrected chi connectivity index (χ1v) is 10.8. The molecule has 3 rings (SSSR count). The number of halogens is 4. The number of urea groups is 1. The van der Waals surface area contributed by atoms with Crippen LogP contribution in [-0.4, -0.2) is 58.3 Å². The lowest BCUT2D eigenvalue weighted by atomic mass is 9.87. The van der Waals surface area contributed by atoms with Crippen molar-refractivity contribution in [2.24, 2.45) is 0 Å². The number of nitrogens with zero attached hydrogens (tertiary/aromatic N) is 2. The van der Waals surface area contributed by atoms with Gasteiger partial charge in [0.2, 0.25) is 0 Å². The van der Waals surface area contributed by atoms with Crippen molar-refractivity contribution in [3.63, 3.8) is 0 Å². The second-order valence-electron chi connectivity index (χ2n) is 8.46. The van der Waals surface area contributed by atoms with Gasteiger partial charge in [-0.2, -0.15) is 0 Å². The molecule has 2 heterocycles. The Hall–Kier alpha value is -2.92. The van der Waals surface area contributed by atoms with Crippen molar-refractivity contribution in [2.45, 2.75) is 51.2 Å². The molecule has 1 aliphatic rings. The highest BCUT2D eigenvalue weighted by Gasteiger charge is 2.40. The van der Waals surface area contributed by atoms with Gasteiger partial charge in [-0.05, 0) is 48.7 Å². The number of likely N-dealkylation sites (tertiary alicyclic amines) is 1. The zero-order chi connectivity index (χ0) is 25.1. The van der Waals surface area contributed by atoms with Gasteiger partial charge in [0, 0.05) is 44.2 Å². The van der Waals surface area contributed by atoms with E-state index in [4.69, 9.17) is 5.11 Å². The summed E-state index contributed by atoms with van der Waals surface area (Å²) < 4.78 is 56.9. The van der Waals surface area contributed by atoms with Gasteiger partial charge in [0.15, 0.2) is 5.67 Å². The Morgan fingerprint density at radius 3 is 2.47 bits per heavy atom. The summed E-state index contributed by atoms with van der Waals surface area (Å²) in [7, 11) is 0. The van der Waals surface area contributed by atoms with Crippen molar-refractivity contribution in [1.82, 2.24) is 9.88 Å². The maximum atomic E-state index is 15.7. The number of hydrogen-bond acceptors (Lipinski definition) is 5. The summed E-state index contributed by atoms with van der Waals surface area (Å²) in [5.41, 5.74) is 0.373. The molecule has 1 aromatic heterocycles. The molecule has 0 aliphatic carbocycles. The quantitative estimate of drug-likeness (QED) is 0.538. The number of carbonyl (C=O) groups excluding carboxylic acids is 1. The summed E-state index contributed by atoms with van der Waals surface area (Å²) >= 11 is 0. The highest BCUT2D eigenvalue weighted by molar-refractivity contribution is 5.89. The van der Waals surface area contributed by atoms with Gasteiger partial charge in [0.1, 0.15) is 5.75 Å². The molecule has 2 amide bonds. The predicted octanol–water partition coefficient (Wildman–Crippen LogP) is 3.99. The third kappa shape index (κ3) is 6.35. The number of rotatable bonds is 6. The summed E-state index contributed by atoms with van der Waals surface area (Å²) in [5.74, 6) is -0.356. The zero-order valence-electron chi connectivity index (χ0n) is 18.8. The van der Waals surface area contributed by atoms with Crippen molar-refractivity contribution in [2.75, 3.05) is 25.0 Å². The van der Waals surface area contributed by atoms with E-state index in [1.54, 1.807) is 13.0 Å². The Morgan fingerprint density at radius 1 is 1.24 bits per heavy atom. The summed E-state index contributed by atoms with van der Waals surface area (Å²) in [5, 5.41) is 21.2. The first kappa shape index (κ1) is 25.7. The van der Waals surface area contributed by atoms with Crippen molar-refractivity contribution in [3.8, 4) is 5.75 Å². The van der Waals surface area contributed by atoms with Crippen LogP contribution < -0.4 is 10.1 Å². The molecule has 0 bridgehead atoms. The van der Waals surface area contributed by atoms with Crippen molar-refractivity contribution < 1.29 is 37.3 Å². The number of alkyl halides is 4. The van der Waals surface area contributed by atoms with Crippen LogP contribution in [0.25, 0.3) is 0 Å². The Kier molecular flexibility index (Phi) is 7.67. The highest BCUT2D eigenvalue weighted by Crippen LogP contribution is 2.38. The van der Waals surface area contributed by atoms with E-state index in [-0.39, 0.29) is 56.0 Å². The number of hydrogen-bond donors (Lipinski definition) is 3. The largest absolute Gasteiger partial charge is 0.573 e. The van der Waals surface area contributed by atoms with Crippen molar-refractivity contribution in [1.29, 1.82) is 0 Å². The zero-order valence-corrected chi connectivity index (χ0v) is 18.8. The third-order valence-corrected chi connectivity index (χ3v) is 5.74. The molecule has 3 N–H and O–H groups in total. The maximum Gasteiger partial charge on any atom is 0.573 e. The van der Waals surface area contributed by atoms with Gasteiger partial charge in [0.25, 0.3) is 0 Å². The van der Waals surface area contributed by atoms with E-state index >= 15 is 4.39 Å². The van der Waals surface area contributed by atoms with E-state index in [1.807, 2.05) is 0 Å². The van der Waals surface area contributed by atoms with Crippen LogP contribution in [0.2, 0.25) is 0 Å². The second kappa shape index (κ2) is 10.1. The van der Waals surface area contributed by atoms with E-state index in [0.717, 1.165) is 6.07 Å². The summed E-state index contributed by atoms with van der Waals surface area (Å²) in [6.45, 7) is 3.04. The van der Waals surface area contributed by atoms with E-state index in [1.165, 1.54) is 30.2 Å². The van der Waals surface area contributed by atoms with Crippen LogP contribution in [0.3, 0.4) is 0 Å². The fourth-order valence-corrected chi connectivity index (χ4v) is 4.02. The average Bonchev–Trinajstić information content (AvgIpc) is 2.75. The number of carbonyl (C=O) groups is 1. The van der Waals surface area contributed by atoms with Gasteiger partial charge in [-0.3, -0.25) is 4.98 Å². The first-order chi connectivity index (χ1) is 15.9. The Morgan fingerprint density at radius 2 is 1.91 bits per heavy atom. The number of anilines is 1. The number of nitrogens with one attached hydrogen (secondary N) is 1. The lowest BCUT2D eigenvalue weighted by molar-refractivity contribution is -0.274. The van der Waals surface area contributed by atoms with Gasteiger partial charge in [-0.25, -0.2) is 9.18 Å². The standard InChI is InChI=1S/C23H27F4N3O4/c1-14-10-17(3-4-19(14)34-23(25,26)27)29-21(33)30-7-5-22(24,6-8-30)20-15(2)9-16(12-28-20)11-18(32)13-31/h3-4,9-10,12,18,31-32H,5-8,11,13H2,1-2H3,(H,29,33)/t18-/m1/s1. The molecule has 1 aromatic carbocycles. The SMILES string of the molecule is Cc1cc(NC(=O)N2CCC(F)(c3ncc(C[C@@H](O)CO)cc3C)CC2)ccc1OC(F)(F)F. The molecule has 2 aromatic rings.